The van der Waals surface area contributed by atoms with Crippen LogP contribution >= 0.6 is 0 Å². The predicted molar refractivity (Wildman–Crippen MR) is 68.0 cm³/mol. The van der Waals surface area contributed by atoms with Crippen LogP contribution in [0, 0.1) is 5.82 Å². The number of phenols is 1. The Morgan fingerprint density at radius 2 is 2.00 bits per heavy atom. The average molecular weight is 261 g/mol. The highest BCUT2D eigenvalue weighted by atomic mass is 19.1. The Labute approximate surface area is 109 Å². The van der Waals surface area contributed by atoms with E-state index in [1.165, 1.54) is 30.3 Å². The molecule has 4 nitrogen and oxygen atoms in total. The van der Waals surface area contributed by atoms with Gasteiger partial charge < -0.3 is 15.6 Å². The lowest BCUT2D eigenvalue weighted by atomic mass is 10.2. The molecule has 0 aliphatic heterocycles. The summed E-state index contributed by atoms with van der Waals surface area (Å²) >= 11 is 0. The highest BCUT2D eigenvalue weighted by molar-refractivity contribution is 5.93. The lowest BCUT2D eigenvalue weighted by Crippen LogP contribution is -2.07. The second-order valence-electron chi connectivity index (χ2n) is 3.94. The Morgan fingerprint density at radius 3 is 2.74 bits per heavy atom. The Hall–Kier alpha value is -2.56. The lowest BCUT2D eigenvalue weighted by Gasteiger charge is -2.07. The molecule has 0 fully saturated rings. The number of hydrogen-bond acceptors (Lipinski definition) is 4. The molecule has 0 radical (unpaired) electrons. The summed E-state index contributed by atoms with van der Waals surface area (Å²) in [7, 11) is 0. The molecule has 5 heteroatoms. The highest BCUT2D eigenvalue weighted by Gasteiger charge is 2.14. The SMILES string of the molecule is Nc1ccc(O)c(C(=O)OCc2ccccc2F)c1. The van der Waals surface area contributed by atoms with E-state index < -0.39 is 11.8 Å². The van der Waals surface area contributed by atoms with Gasteiger partial charge in [0.25, 0.3) is 0 Å². The topological polar surface area (TPSA) is 72.5 Å². The van der Waals surface area contributed by atoms with Crippen LogP contribution in [0.25, 0.3) is 0 Å². The summed E-state index contributed by atoms with van der Waals surface area (Å²) in [4.78, 5) is 11.7. The number of esters is 1. The van der Waals surface area contributed by atoms with Gasteiger partial charge in [-0.2, -0.15) is 0 Å². The van der Waals surface area contributed by atoms with Gasteiger partial charge in [0, 0.05) is 11.3 Å². The Bertz CT molecular complexity index is 613. The predicted octanol–water partition coefficient (Wildman–Crippen LogP) is 2.47. The molecule has 0 amide bonds. The molecule has 2 aromatic rings. The van der Waals surface area contributed by atoms with Crippen LogP contribution in [0.3, 0.4) is 0 Å². The van der Waals surface area contributed by atoms with Crippen molar-refractivity contribution in [2.45, 2.75) is 6.61 Å². The molecule has 0 bridgehead atoms. The van der Waals surface area contributed by atoms with Crippen molar-refractivity contribution in [3.63, 3.8) is 0 Å². The fraction of sp³-hybridized carbons (Fsp3) is 0.0714. The number of nitrogens with two attached hydrogens (primary N) is 1. The Morgan fingerprint density at radius 1 is 1.26 bits per heavy atom. The fourth-order valence-electron chi connectivity index (χ4n) is 1.55. The summed E-state index contributed by atoms with van der Waals surface area (Å²) in [5.41, 5.74) is 6.07. The minimum atomic E-state index is -0.756. The molecule has 2 rings (SSSR count). The maximum atomic E-state index is 13.3. The second-order valence-corrected chi connectivity index (χ2v) is 3.94. The van der Waals surface area contributed by atoms with Gasteiger partial charge in [-0.15, -0.1) is 0 Å². The first-order valence-corrected chi connectivity index (χ1v) is 5.57. The van der Waals surface area contributed by atoms with E-state index in [-0.39, 0.29) is 23.5 Å². The molecule has 19 heavy (non-hydrogen) atoms. The normalized spacial score (nSPS) is 10.2. The molecule has 0 unspecified atom stereocenters. The van der Waals surface area contributed by atoms with Crippen LogP contribution in [-0.2, 0) is 11.3 Å². The van der Waals surface area contributed by atoms with Gasteiger partial charge >= 0.3 is 5.97 Å². The van der Waals surface area contributed by atoms with E-state index in [1.54, 1.807) is 12.1 Å². The minimum Gasteiger partial charge on any atom is -0.507 e. The number of rotatable bonds is 3. The molecule has 0 spiro atoms. The third-order valence-corrected chi connectivity index (χ3v) is 2.56. The molecule has 0 atom stereocenters. The maximum Gasteiger partial charge on any atom is 0.342 e. The van der Waals surface area contributed by atoms with Gasteiger partial charge in [-0.25, -0.2) is 9.18 Å². The van der Waals surface area contributed by atoms with E-state index >= 15 is 0 Å². The van der Waals surface area contributed by atoms with Crippen LogP contribution in [0.1, 0.15) is 15.9 Å². The van der Waals surface area contributed by atoms with Crippen molar-refractivity contribution in [2.24, 2.45) is 0 Å². The summed E-state index contributed by atoms with van der Waals surface area (Å²) in [6.07, 6.45) is 0. The monoisotopic (exact) mass is 261 g/mol. The molecule has 0 aliphatic carbocycles. The third kappa shape index (κ3) is 3.01. The third-order valence-electron chi connectivity index (χ3n) is 2.56. The number of benzene rings is 2. The number of nitrogen functional groups attached to an aromatic ring is 1. The van der Waals surface area contributed by atoms with E-state index in [0.29, 0.717) is 5.69 Å². The van der Waals surface area contributed by atoms with Crippen molar-refractivity contribution < 1.29 is 19.0 Å². The minimum absolute atomic E-state index is 0.0451. The Balaban J connectivity index is 2.10. The molecule has 0 aliphatic rings. The zero-order valence-corrected chi connectivity index (χ0v) is 9.97. The standard InChI is InChI=1S/C14H12FNO3/c15-12-4-2-1-3-9(12)8-19-14(18)11-7-10(16)5-6-13(11)17/h1-7,17H,8,16H2. The number of hydrogen-bond donors (Lipinski definition) is 2. The van der Waals surface area contributed by atoms with Crippen molar-refractivity contribution in [3.8, 4) is 5.75 Å². The van der Waals surface area contributed by atoms with Gasteiger partial charge in [0.05, 0.1) is 0 Å². The van der Waals surface area contributed by atoms with Gasteiger partial charge in [-0.05, 0) is 24.3 Å². The number of halogens is 1. The quantitative estimate of drug-likeness (QED) is 0.505. The molecule has 0 saturated heterocycles. The first kappa shape index (κ1) is 12.9. The van der Waals surface area contributed by atoms with Crippen LogP contribution in [-0.4, -0.2) is 11.1 Å². The van der Waals surface area contributed by atoms with E-state index in [2.05, 4.69) is 0 Å². The summed E-state index contributed by atoms with van der Waals surface area (Å²) in [6.45, 7) is -0.209. The second kappa shape index (κ2) is 5.39. The maximum absolute atomic E-state index is 13.3. The van der Waals surface area contributed by atoms with Gasteiger partial charge in [0.1, 0.15) is 23.7 Å². The van der Waals surface area contributed by atoms with E-state index in [4.69, 9.17) is 10.5 Å². The molecule has 0 saturated carbocycles. The molecule has 3 N–H and O–H groups in total. The first-order chi connectivity index (χ1) is 9.08. The highest BCUT2D eigenvalue weighted by Crippen LogP contribution is 2.21. The largest absolute Gasteiger partial charge is 0.507 e. The van der Waals surface area contributed by atoms with Gasteiger partial charge in [-0.3, -0.25) is 0 Å². The number of aromatic hydroxyl groups is 1. The van der Waals surface area contributed by atoms with E-state index in [0.717, 1.165) is 0 Å². The van der Waals surface area contributed by atoms with E-state index in [1.807, 2.05) is 0 Å². The van der Waals surface area contributed by atoms with Crippen molar-refractivity contribution in [3.05, 3.63) is 59.4 Å². The number of ether oxygens (including phenoxy) is 1. The molecule has 98 valence electrons. The number of carbonyl (C=O) groups excluding carboxylic acids is 1. The molecule has 0 aromatic heterocycles. The number of carbonyl (C=O) groups is 1. The van der Waals surface area contributed by atoms with Gasteiger partial charge in [-0.1, -0.05) is 18.2 Å². The summed E-state index contributed by atoms with van der Waals surface area (Å²) in [5.74, 6) is -1.44. The summed E-state index contributed by atoms with van der Waals surface area (Å²) in [6, 6.07) is 10.1. The summed E-state index contributed by atoms with van der Waals surface area (Å²) in [5, 5.41) is 9.53. The van der Waals surface area contributed by atoms with Crippen LogP contribution in [0.5, 0.6) is 5.75 Å². The van der Waals surface area contributed by atoms with Gasteiger partial charge in [0.15, 0.2) is 0 Å². The zero-order valence-electron chi connectivity index (χ0n) is 9.97. The lowest BCUT2D eigenvalue weighted by molar-refractivity contribution is 0.0465. The van der Waals surface area contributed by atoms with Crippen molar-refractivity contribution in [2.75, 3.05) is 5.73 Å². The molecule has 0 heterocycles. The molecule has 2 aromatic carbocycles. The van der Waals surface area contributed by atoms with Crippen LogP contribution in [0.4, 0.5) is 10.1 Å². The van der Waals surface area contributed by atoms with Crippen molar-refractivity contribution in [1.82, 2.24) is 0 Å². The van der Waals surface area contributed by atoms with Crippen molar-refractivity contribution >= 4 is 11.7 Å². The van der Waals surface area contributed by atoms with Gasteiger partial charge in [0.2, 0.25) is 0 Å². The number of anilines is 1. The summed E-state index contributed by atoms with van der Waals surface area (Å²) < 4.78 is 18.3. The molecular formula is C14H12FNO3. The average Bonchev–Trinajstić information content (AvgIpc) is 2.40. The van der Waals surface area contributed by atoms with Crippen molar-refractivity contribution in [1.29, 1.82) is 0 Å². The number of phenolic OH excluding ortho intramolecular Hbond substituents is 1. The van der Waals surface area contributed by atoms with Crippen LogP contribution < -0.4 is 5.73 Å². The molecular weight excluding hydrogens is 249 g/mol. The van der Waals surface area contributed by atoms with E-state index in [9.17, 15) is 14.3 Å². The Kier molecular flexibility index (Phi) is 3.66. The fourth-order valence-corrected chi connectivity index (χ4v) is 1.55. The smallest absolute Gasteiger partial charge is 0.342 e. The van der Waals surface area contributed by atoms with Crippen LogP contribution in [0.15, 0.2) is 42.5 Å². The zero-order chi connectivity index (χ0) is 13.8. The van der Waals surface area contributed by atoms with Crippen LogP contribution in [0.2, 0.25) is 0 Å². The first-order valence-electron chi connectivity index (χ1n) is 5.57.